The summed E-state index contributed by atoms with van der Waals surface area (Å²) in [5.74, 6) is 7.35. The van der Waals surface area contributed by atoms with Crippen molar-refractivity contribution in [3.8, 4) is 5.88 Å². The molecule has 1 aromatic rings. The molecule has 114 valence electrons. The van der Waals surface area contributed by atoms with Gasteiger partial charge in [-0.3, -0.25) is 0 Å². The van der Waals surface area contributed by atoms with Crippen LogP contribution >= 0.6 is 0 Å². The van der Waals surface area contributed by atoms with E-state index in [1.54, 1.807) is 6.07 Å². The quantitative estimate of drug-likeness (QED) is 0.380. The molecule has 0 bridgehead atoms. The summed E-state index contributed by atoms with van der Waals surface area (Å²) in [6.45, 7) is 8.72. The normalized spacial score (nSPS) is 10.8. The summed E-state index contributed by atoms with van der Waals surface area (Å²) >= 11 is 0. The molecule has 0 radical (unpaired) electrons. The molecule has 0 atom stereocenters. The summed E-state index contributed by atoms with van der Waals surface area (Å²) in [6, 6.07) is 1.64. The molecular formula is C13H24N4O3. The third-order valence-electron chi connectivity index (χ3n) is 2.26. The van der Waals surface area contributed by atoms with E-state index in [9.17, 15) is 0 Å². The van der Waals surface area contributed by atoms with Gasteiger partial charge < -0.3 is 19.6 Å². The van der Waals surface area contributed by atoms with Crippen LogP contribution in [0.1, 0.15) is 26.6 Å². The van der Waals surface area contributed by atoms with E-state index in [0.29, 0.717) is 49.9 Å². The van der Waals surface area contributed by atoms with Crippen LogP contribution in [0.2, 0.25) is 0 Å². The van der Waals surface area contributed by atoms with Gasteiger partial charge in [0.2, 0.25) is 5.88 Å². The van der Waals surface area contributed by atoms with Gasteiger partial charge in [0.1, 0.15) is 19.0 Å². The lowest BCUT2D eigenvalue weighted by Crippen LogP contribution is -2.14. The predicted molar refractivity (Wildman–Crippen MR) is 76.3 cm³/mol. The summed E-state index contributed by atoms with van der Waals surface area (Å²) in [4.78, 5) is 8.42. The zero-order valence-corrected chi connectivity index (χ0v) is 12.4. The summed E-state index contributed by atoms with van der Waals surface area (Å²) in [5.41, 5.74) is 2.48. The molecule has 3 N–H and O–H groups in total. The smallest absolute Gasteiger partial charge is 0.218 e. The van der Waals surface area contributed by atoms with Crippen LogP contribution in [0.15, 0.2) is 6.07 Å². The molecule has 0 aliphatic heterocycles. The fraction of sp³-hybridized carbons (Fsp3) is 0.692. The van der Waals surface area contributed by atoms with Crippen LogP contribution in [-0.2, 0) is 16.1 Å². The number of hydrogen-bond donors (Lipinski definition) is 2. The van der Waals surface area contributed by atoms with Crippen molar-refractivity contribution in [3.63, 3.8) is 0 Å². The molecule has 0 amide bonds. The first-order valence-electron chi connectivity index (χ1n) is 6.78. The van der Waals surface area contributed by atoms with Crippen molar-refractivity contribution in [2.45, 2.75) is 27.4 Å². The van der Waals surface area contributed by atoms with Crippen LogP contribution in [0.25, 0.3) is 0 Å². The van der Waals surface area contributed by atoms with E-state index in [-0.39, 0.29) is 0 Å². The maximum absolute atomic E-state index is 5.52. The number of hydrogen-bond acceptors (Lipinski definition) is 7. The molecule has 0 unspecified atom stereocenters. The number of nitrogen functional groups attached to an aromatic ring is 1. The van der Waals surface area contributed by atoms with Gasteiger partial charge in [-0.05, 0) is 12.8 Å². The minimum atomic E-state index is 0.326. The van der Waals surface area contributed by atoms with Gasteiger partial charge in [-0.25, -0.2) is 10.8 Å². The molecule has 0 aliphatic rings. The lowest BCUT2D eigenvalue weighted by atomic mass is 10.2. The Morgan fingerprint density at radius 3 is 2.70 bits per heavy atom. The van der Waals surface area contributed by atoms with Crippen molar-refractivity contribution >= 4 is 5.82 Å². The number of nitrogens with one attached hydrogen (secondary N) is 1. The number of aromatic nitrogens is 2. The van der Waals surface area contributed by atoms with Crippen LogP contribution in [0.5, 0.6) is 5.88 Å². The van der Waals surface area contributed by atoms with Gasteiger partial charge in [0.05, 0.1) is 6.61 Å². The second kappa shape index (κ2) is 9.46. The minimum Gasteiger partial charge on any atom is -0.475 e. The van der Waals surface area contributed by atoms with Crippen LogP contribution in [-0.4, -0.2) is 36.4 Å². The maximum Gasteiger partial charge on any atom is 0.218 e. The highest BCUT2D eigenvalue weighted by molar-refractivity contribution is 5.36. The van der Waals surface area contributed by atoms with Crippen molar-refractivity contribution in [2.24, 2.45) is 11.8 Å². The van der Waals surface area contributed by atoms with Gasteiger partial charge in [-0.1, -0.05) is 13.8 Å². The van der Waals surface area contributed by atoms with Crippen molar-refractivity contribution in [2.75, 3.05) is 31.9 Å². The van der Waals surface area contributed by atoms with Crippen LogP contribution in [0, 0.1) is 5.92 Å². The fourth-order valence-electron chi connectivity index (χ4n) is 1.40. The number of anilines is 1. The lowest BCUT2D eigenvalue weighted by Gasteiger charge is -2.10. The SMILES string of the molecule is CCOCc1nc(NN)cc(OCCOCC(C)C)n1. The van der Waals surface area contributed by atoms with E-state index in [1.165, 1.54) is 0 Å². The summed E-state index contributed by atoms with van der Waals surface area (Å²) in [7, 11) is 0. The van der Waals surface area contributed by atoms with E-state index in [2.05, 4.69) is 29.2 Å². The van der Waals surface area contributed by atoms with Gasteiger partial charge in [0, 0.05) is 19.3 Å². The first-order chi connectivity index (χ1) is 9.65. The Morgan fingerprint density at radius 2 is 2.05 bits per heavy atom. The number of nitrogens with zero attached hydrogens (tertiary/aromatic N) is 2. The lowest BCUT2D eigenvalue weighted by molar-refractivity contribution is 0.0800. The largest absolute Gasteiger partial charge is 0.475 e. The second-order valence-electron chi connectivity index (χ2n) is 4.61. The molecular weight excluding hydrogens is 260 g/mol. The van der Waals surface area contributed by atoms with Crippen molar-refractivity contribution in [1.29, 1.82) is 0 Å². The summed E-state index contributed by atoms with van der Waals surface area (Å²) in [6.07, 6.45) is 0. The number of nitrogens with two attached hydrogens (primary N) is 1. The van der Waals surface area contributed by atoms with Crippen molar-refractivity contribution in [3.05, 3.63) is 11.9 Å². The maximum atomic E-state index is 5.52. The standard InChI is InChI=1S/C13H24N4O3/c1-4-18-9-12-15-11(17-14)7-13(16-12)20-6-5-19-8-10(2)3/h7,10H,4-6,8-9,14H2,1-3H3,(H,15,16,17). The number of rotatable bonds is 10. The molecule has 7 nitrogen and oxygen atoms in total. The molecule has 7 heteroatoms. The second-order valence-corrected chi connectivity index (χ2v) is 4.61. The Balaban J connectivity index is 2.46. The van der Waals surface area contributed by atoms with Crippen molar-refractivity contribution < 1.29 is 14.2 Å². The topological polar surface area (TPSA) is 91.5 Å². The Morgan fingerprint density at radius 1 is 1.25 bits per heavy atom. The van der Waals surface area contributed by atoms with Gasteiger partial charge in [-0.15, -0.1) is 0 Å². The first-order valence-corrected chi connectivity index (χ1v) is 6.78. The molecule has 0 fully saturated rings. The van der Waals surface area contributed by atoms with E-state index in [4.69, 9.17) is 20.1 Å². The van der Waals surface area contributed by atoms with E-state index in [1.807, 2.05) is 6.92 Å². The zero-order chi connectivity index (χ0) is 14.8. The molecule has 0 aliphatic carbocycles. The molecule has 1 heterocycles. The highest BCUT2D eigenvalue weighted by Crippen LogP contribution is 2.13. The number of ether oxygens (including phenoxy) is 3. The molecule has 20 heavy (non-hydrogen) atoms. The molecule has 0 aromatic carbocycles. The predicted octanol–water partition coefficient (Wildman–Crippen LogP) is 1.35. The zero-order valence-electron chi connectivity index (χ0n) is 12.4. The van der Waals surface area contributed by atoms with E-state index in [0.717, 1.165) is 6.61 Å². The van der Waals surface area contributed by atoms with E-state index < -0.39 is 0 Å². The average Bonchev–Trinajstić information content (AvgIpc) is 2.44. The van der Waals surface area contributed by atoms with Gasteiger partial charge >= 0.3 is 0 Å². The van der Waals surface area contributed by atoms with Gasteiger partial charge in [0.25, 0.3) is 0 Å². The van der Waals surface area contributed by atoms with Crippen molar-refractivity contribution in [1.82, 2.24) is 9.97 Å². The summed E-state index contributed by atoms with van der Waals surface area (Å²) < 4.78 is 16.2. The molecule has 0 saturated carbocycles. The Labute approximate surface area is 119 Å². The number of hydrazine groups is 1. The van der Waals surface area contributed by atoms with Gasteiger partial charge in [0.15, 0.2) is 5.82 Å². The Hall–Kier alpha value is -1.44. The minimum absolute atomic E-state index is 0.326. The highest BCUT2D eigenvalue weighted by atomic mass is 16.5. The summed E-state index contributed by atoms with van der Waals surface area (Å²) in [5, 5.41) is 0. The van der Waals surface area contributed by atoms with Crippen LogP contribution in [0.4, 0.5) is 5.82 Å². The fourth-order valence-corrected chi connectivity index (χ4v) is 1.40. The average molecular weight is 284 g/mol. The third-order valence-corrected chi connectivity index (χ3v) is 2.26. The Kier molecular flexibility index (Phi) is 7.86. The molecule has 0 saturated heterocycles. The molecule has 1 aromatic heterocycles. The molecule has 1 rings (SSSR count). The Bertz CT molecular complexity index is 388. The van der Waals surface area contributed by atoms with E-state index >= 15 is 0 Å². The van der Waals surface area contributed by atoms with Crippen LogP contribution < -0.4 is 16.0 Å². The monoisotopic (exact) mass is 284 g/mol. The van der Waals surface area contributed by atoms with Crippen LogP contribution in [0.3, 0.4) is 0 Å². The molecule has 0 spiro atoms. The third kappa shape index (κ3) is 6.65. The highest BCUT2D eigenvalue weighted by Gasteiger charge is 2.05. The first kappa shape index (κ1) is 16.6. The van der Waals surface area contributed by atoms with Gasteiger partial charge in [-0.2, -0.15) is 4.98 Å².